The van der Waals surface area contributed by atoms with Crippen LogP contribution < -0.4 is 10.6 Å². The molecule has 20 heavy (non-hydrogen) atoms. The lowest BCUT2D eigenvalue weighted by Gasteiger charge is -2.38. The van der Waals surface area contributed by atoms with Gasteiger partial charge in [0.05, 0.1) is 6.42 Å². The molecule has 2 amide bonds. The van der Waals surface area contributed by atoms with Gasteiger partial charge in [-0.05, 0) is 29.9 Å². The fraction of sp³-hybridized carbons (Fsp3) is 0.467. The first-order chi connectivity index (χ1) is 9.48. The summed E-state index contributed by atoms with van der Waals surface area (Å²) in [5.74, 6) is -0.915. The first-order valence-electron chi connectivity index (χ1n) is 6.83. The van der Waals surface area contributed by atoms with Gasteiger partial charge in [-0.3, -0.25) is 4.79 Å². The molecule has 2 rings (SSSR count). The third-order valence-corrected chi connectivity index (χ3v) is 3.84. The molecule has 0 aliphatic heterocycles. The predicted octanol–water partition coefficient (Wildman–Crippen LogP) is 2.63. The molecule has 0 spiro atoms. The number of anilines is 1. The van der Waals surface area contributed by atoms with Gasteiger partial charge >= 0.3 is 12.0 Å². The van der Waals surface area contributed by atoms with Crippen molar-refractivity contribution in [1.29, 1.82) is 0 Å². The normalized spacial score (nSPS) is 16.1. The maximum absolute atomic E-state index is 11.9. The summed E-state index contributed by atoms with van der Waals surface area (Å²) in [5.41, 5.74) is 1.37. The molecule has 0 unspecified atom stereocenters. The highest BCUT2D eigenvalue weighted by Crippen LogP contribution is 2.39. The van der Waals surface area contributed by atoms with Crippen LogP contribution in [0.2, 0.25) is 0 Å². The number of carbonyl (C=O) groups is 2. The molecule has 1 fully saturated rings. The van der Waals surface area contributed by atoms with E-state index in [0.717, 1.165) is 12.8 Å². The van der Waals surface area contributed by atoms with Gasteiger partial charge in [-0.25, -0.2) is 4.79 Å². The third kappa shape index (κ3) is 3.73. The second kappa shape index (κ2) is 5.94. The summed E-state index contributed by atoms with van der Waals surface area (Å²) in [5, 5.41) is 14.4. The molecular formula is C15H20N2O3. The molecule has 5 heteroatoms. The number of amides is 2. The van der Waals surface area contributed by atoms with Crippen LogP contribution in [-0.2, 0) is 11.2 Å². The topological polar surface area (TPSA) is 78.4 Å². The lowest BCUT2D eigenvalue weighted by molar-refractivity contribution is -0.136. The Bertz CT molecular complexity index is 510. The van der Waals surface area contributed by atoms with Crippen LogP contribution in [0, 0.1) is 5.41 Å². The lowest BCUT2D eigenvalue weighted by Crippen LogP contribution is -2.41. The maximum Gasteiger partial charge on any atom is 0.319 e. The average Bonchev–Trinajstić information content (AvgIpc) is 2.36. The number of nitrogens with one attached hydrogen (secondary N) is 2. The highest BCUT2D eigenvalue weighted by molar-refractivity contribution is 5.90. The maximum atomic E-state index is 11.9. The summed E-state index contributed by atoms with van der Waals surface area (Å²) in [7, 11) is 0. The Balaban J connectivity index is 1.91. The Morgan fingerprint density at radius 3 is 2.60 bits per heavy atom. The van der Waals surface area contributed by atoms with E-state index in [0.29, 0.717) is 17.8 Å². The van der Waals surface area contributed by atoms with Crippen molar-refractivity contribution in [3.8, 4) is 0 Å². The molecule has 0 heterocycles. The Morgan fingerprint density at radius 2 is 2.00 bits per heavy atom. The summed E-state index contributed by atoms with van der Waals surface area (Å²) in [4.78, 5) is 22.6. The molecule has 0 atom stereocenters. The van der Waals surface area contributed by atoms with E-state index in [-0.39, 0.29) is 17.9 Å². The molecule has 1 aliphatic carbocycles. The second-order valence-electron chi connectivity index (χ2n) is 5.70. The van der Waals surface area contributed by atoms with Crippen molar-refractivity contribution in [3.63, 3.8) is 0 Å². The standard InChI is InChI=1S/C15H20N2O3/c1-15(7-4-8-15)10-16-14(20)17-12-6-3-2-5-11(12)9-13(18)19/h2-3,5-6H,4,7-10H2,1H3,(H,18,19)(H2,16,17,20). The third-order valence-electron chi connectivity index (χ3n) is 3.84. The number of hydrogen-bond donors (Lipinski definition) is 3. The number of aliphatic carboxylic acids is 1. The van der Waals surface area contributed by atoms with Crippen molar-refractivity contribution in [2.45, 2.75) is 32.6 Å². The highest BCUT2D eigenvalue weighted by Gasteiger charge is 2.31. The zero-order chi connectivity index (χ0) is 14.6. The number of para-hydroxylation sites is 1. The zero-order valence-corrected chi connectivity index (χ0v) is 11.6. The SMILES string of the molecule is CC1(CNC(=O)Nc2ccccc2CC(=O)O)CCC1. The molecule has 1 aliphatic rings. The smallest absolute Gasteiger partial charge is 0.319 e. The highest BCUT2D eigenvalue weighted by atomic mass is 16.4. The fourth-order valence-electron chi connectivity index (χ4n) is 2.38. The van der Waals surface area contributed by atoms with Gasteiger partial charge in [0.15, 0.2) is 0 Å². The van der Waals surface area contributed by atoms with E-state index >= 15 is 0 Å². The van der Waals surface area contributed by atoms with Crippen molar-refractivity contribution in [2.24, 2.45) is 5.41 Å². The molecule has 0 aromatic heterocycles. The minimum atomic E-state index is -0.915. The molecule has 3 N–H and O–H groups in total. The number of urea groups is 1. The van der Waals surface area contributed by atoms with Crippen molar-refractivity contribution >= 4 is 17.7 Å². The van der Waals surface area contributed by atoms with Gasteiger partial charge in [0.1, 0.15) is 0 Å². The van der Waals surface area contributed by atoms with Crippen molar-refractivity contribution in [2.75, 3.05) is 11.9 Å². The molecule has 1 aromatic carbocycles. The van der Waals surface area contributed by atoms with E-state index < -0.39 is 5.97 Å². The molecule has 0 bridgehead atoms. The molecular weight excluding hydrogens is 256 g/mol. The minimum absolute atomic E-state index is 0.103. The number of benzene rings is 1. The first-order valence-corrected chi connectivity index (χ1v) is 6.83. The number of carboxylic acid groups (broad SMARTS) is 1. The molecule has 108 valence electrons. The Labute approximate surface area is 118 Å². The summed E-state index contributed by atoms with van der Waals surface area (Å²) in [6.45, 7) is 2.81. The largest absolute Gasteiger partial charge is 0.481 e. The number of carboxylic acids is 1. The van der Waals surface area contributed by atoms with Gasteiger partial charge in [0, 0.05) is 12.2 Å². The number of rotatable bonds is 5. The summed E-state index contributed by atoms with van der Waals surface area (Å²) in [6.07, 6.45) is 3.40. The van der Waals surface area contributed by atoms with Crippen LogP contribution in [0.5, 0.6) is 0 Å². The average molecular weight is 276 g/mol. The van der Waals surface area contributed by atoms with Crippen LogP contribution in [0.4, 0.5) is 10.5 Å². The van der Waals surface area contributed by atoms with E-state index in [1.54, 1.807) is 24.3 Å². The second-order valence-corrected chi connectivity index (χ2v) is 5.70. The lowest BCUT2D eigenvalue weighted by atomic mass is 9.70. The van der Waals surface area contributed by atoms with Crippen LogP contribution >= 0.6 is 0 Å². The Morgan fingerprint density at radius 1 is 1.30 bits per heavy atom. The van der Waals surface area contributed by atoms with Crippen LogP contribution in [0.25, 0.3) is 0 Å². The van der Waals surface area contributed by atoms with Crippen molar-refractivity contribution in [1.82, 2.24) is 5.32 Å². The van der Waals surface area contributed by atoms with E-state index in [2.05, 4.69) is 17.6 Å². The van der Waals surface area contributed by atoms with Crippen LogP contribution in [0.3, 0.4) is 0 Å². The van der Waals surface area contributed by atoms with E-state index in [1.807, 2.05) is 0 Å². The number of carbonyl (C=O) groups excluding carboxylic acids is 1. The minimum Gasteiger partial charge on any atom is -0.481 e. The summed E-state index contributed by atoms with van der Waals surface area (Å²) in [6, 6.07) is 6.67. The van der Waals surface area contributed by atoms with Crippen molar-refractivity contribution < 1.29 is 14.7 Å². The monoisotopic (exact) mass is 276 g/mol. The predicted molar refractivity (Wildman–Crippen MR) is 76.8 cm³/mol. The van der Waals surface area contributed by atoms with Gasteiger partial charge in [-0.1, -0.05) is 31.5 Å². The molecule has 0 saturated heterocycles. The molecule has 0 radical (unpaired) electrons. The Kier molecular flexibility index (Phi) is 4.27. The van der Waals surface area contributed by atoms with Gasteiger partial charge in [-0.15, -0.1) is 0 Å². The van der Waals surface area contributed by atoms with E-state index in [9.17, 15) is 9.59 Å². The molecule has 5 nitrogen and oxygen atoms in total. The summed E-state index contributed by atoms with van der Waals surface area (Å²) < 4.78 is 0. The number of hydrogen-bond acceptors (Lipinski definition) is 2. The van der Waals surface area contributed by atoms with Crippen LogP contribution in [0.15, 0.2) is 24.3 Å². The molecule has 1 aromatic rings. The van der Waals surface area contributed by atoms with Gasteiger partial charge in [0.25, 0.3) is 0 Å². The quantitative estimate of drug-likeness (QED) is 0.773. The zero-order valence-electron chi connectivity index (χ0n) is 11.6. The van der Waals surface area contributed by atoms with Gasteiger partial charge < -0.3 is 15.7 Å². The van der Waals surface area contributed by atoms with E-state index in [1.165, 1.54) is 6.42 Å². The molecule has 1 saturated carbocycles. The first kappa shape index (κ1) is 14.4. The fourth-order valence-corrected chi connectivity index (χ4v) is 2.38. The van der Waals surface area contributed by atoms with Crippen LogP contribution in [-0.4, -0.2) is 23.7 Å². The van der Waals surface area contributed by atoms with Gasteiger partial charge in [-0.2, -0.15) is 0 Å². The van der Waals surface area contributed by atoms with E-state index in [4.69, 9.17) is 5.11 Å². The van der Waals surface area contributed by atoms with Gasteiger partial charge in [0.2, 0.25) is 0 Å². The Hall–Kier alpha value is -2.04. The van der Waals surface area contributed by atoms with Crippen LogP contribution in [0.1, 0.15) is 31.7 Å². The van der Waals surface area contributed by atoms with Crippen molar-refractivity contribution in [3.05, 3.63) is 29.8 Å². The summed E-state index contributed by atoms with van der Waals surface area (Å²) >= 11 is 0.